The molecule has 44 heavy (non-hydrogen) atoms. The number of fused-ring (bicyclic) bond motifs is 5. The first kappa shape index (κ1) is 31.4. The Morgan fingerprint density at radius 1 is 0.955 bits per heavy atom. The average molecular weight is 604 g/mol. The molecular weight excluding hydrogens is 558 g/mol. The number of amides is 2. The number of carbonyl (C=O) groups excluding carboxylic acids is 2. The van der Waals surface area contributed by atoms with Crippen LogP contribution in [0.4, 0.5) is 5.69 Å². The molecule has 3 aliphatic rings. The maximum atomic E-state index is 13.5. The first-order valence-electron chi connectivity index (χ1n) is 15.8. The molecule has 0 aromatic heterocycles. The van der Waals surface area contributed by atoms with Crippen LogP contribution in [0.5, 0.6) is 17.2 Å². The van der Waals surface area contributed by atoms with Gasteiger partial charge in [0, 0.05) is 32.0 Å². The SMILES string of the molecule is COc1cc2c(c(OC)c1OC)-c1ccc(NCCCCCC(=O)NC[C@H]3C[C@H]4C=C[C@H]3C4)c(=O)cc1[C@@H](NC(C)=O)CC2. The Hall–Kier alpha value is -4.01. The maximum Gasteiger partial charge on any atom is 0.220 e. The fourth-order valence-electron chi connectivity index (χ4n) is 7.13. The molecule has 2 amide bonds. The second-order valence-corrected chi connectivity index (χ2v) is 12.2. The lowest BCUT2D eigenvalue weighted by molar-refractivity contribution is -0.121. The van der Waals surface area contributed by atoms with Crippen molar-refractivity contribution in [1.82, 2.24) is 10.6 Å². The highest BCUT2D eigenvalue weighted by molar-refractivity contribution is 5.83. The van der Waals surface area contributed by atoms with E-state index in [1.54, 1.807) is 33.5 Å². The van der Waals surface area contributed by atoms with Gasteiger partial charge in [0.05, 0.1) is 33.1 Å². The van der Waals surface area contributed by atoms with Gasteiger partial charge in [-0.3, -0.25) is 14.4 Å². The molecule has 1 saturated carbocycles. The van der Waals surface area contributed by atoms with Gasteiger partial charge in [-0.1, -0.05) is 24.6 Å². The molecule has 0 radical (unpaired) electrons. The van der Waals surface area contributed by atoms with E-state index in [9.17, 15) is 14.4 Å². The Kier molecular flexibility index (Phi) is 10.1. The molecule has 0 aliphatic heterocycles. The Balaban J connectivity index is 1.25. The lowest BCUT2D eigenvalue weighted by atomic mass is 9.93. The lowest BCUT2D eigenvalue weighted by Gasteiger charge is -2.19. The van der Waals surface area contributed by atoms with Crippen LogP contribution in [0.3, 0.4) is 0 Å². The van der Waals surface area contributed by atoms with Gasteiger partial charge in [-0.15, -0.1) is 0 Å². The van der Waals surface area contributed by atoms with E-state index >= 15 is 0 Å². The van der Waals surface area contributed by atoms with Crippen LogP contribution in [-0.2, 0) is 16.0 Å². The third-order valence-corrected chi connectivity index (χ3v) is 9.29. The van der Waals surface area contributed by atoms with E-state index in [-0.39, 0.29) is 23.3 Å². The van der Waals surface area contributed by atoms with Gasteiger partial charge in [0.25, 0.3) is 0 Å². The van der Waals surface area contributed by atoms with E-state index in [1.807, 2.05) is 12.1 Å². The van der Waals surface area contributed by atoms with Crippen molar-refractivity contribution in [2.75, 3.05) is 39.7 Å². The number of rotatable bonds is 13. The lowest BCUT2D eigenvalue weighted by Crippen LogP contribution is -2.30. The fraction of sp³-hybridized carbons (Fsp3) is 0.514. The molecular formula is C35H45N3O6. The summed E-state index contributed by atoms with van der Waals surface area (Å²) >= 11 is 0. The average Bonchev–Trinajstić information content (AvgIpc) is 3.57. The van der Waals surface area contributed by atoms with Gasteiger partial charge in [-0.05, 0) is 91.2 Å². The topological polar surface area (TPSA) is 115 Å². The molecule has 2 bridgehead atoms. The van der Waals surface area contributed by atoms with E-state index in [0.29, 0.717) is 60.6 Å². The highest BCUT2D eigenvalue weighted by Gasteiger charge is 2.35. The van der Waals surface area contributed by atoms with Gasteiger partial charge in [0.1, 0.15) is 0 Å². The number of methoxy groups -OCH3 is 3. The summed E-state index contributed by atoms with van der Waals surface area (Å²) in [4.78, 5) is 38.0. The van der Waals surface area contributed by atoms with Gasteiger partial charge < -0.3 is 30.2 Å². The summed E-state index contributed by atoms with van der Waals surface area (Å²) in [5.41, 5.74) is 3.67. The number of unbranched alkanes of at least 4 members (excludes halogenated alkanes) is 2. The highest BCUT2D eigenvalue weighted by atomic mass is 16.5. The van der Waals surface area contributed by atoms with Crippen LogP contribution in [0.1, 0.15) is 69.0 Å². The van der Waals surface area contributed by atoms with Gasteiger partial charge in [-0.25, -0.2) is 0 Å². The van der Waals surface area contributed by atoms with Gasteiger partial charge in [0.2, 0.25) is 23.0 Å². The quantitative estimate of drug-likeness (QED) is 0.214. The zero-order valence-corrected chi connectivity index (χ0v) is 26.3. The standard InChI is InChI=1S/C35H45N3O6/c1-21(39)38-28-13-11-24-18-31(42-2)34(43-3)35(44-4)33(24)26-12-14-29(30(40)19-27(26)28)36-15-7-5-6-8-32(41)37-20-25-17-22-9-10-23(25)16-22/h9-10,12,14,18-19,22-23,25,28H,5-8,11,13,15-17,20H2,1-4H3,(H,36,40)(H,37,41)(H,38,39)/t22-,23-,25+,28-/m0/s1. The molecule has 9 heteroatoms. The predicted molar refractivity (Wildman–Crippen MR) is 171 cm³/mol. The maximum absolute atomic E-state index is 13.5. The molecule has 9 nitrogen and oxygen atoms in total. The van der Waals surface area contributed by atoms with E-state index in [0.717, 1.165) is 54.0 Å². The van der Waals surface area contributed by atoms with Crippen molar-refractivity contribution in [3.8, 4) is 28.4 Å². The molecule has 3 aliphatic carbocycles. The number of ether oxygens (including phenoxy) is 3. The number of anilines is 1. The number of carbonyl (C=O) groups is 2. The fourth-order valence-corrected chi connectivity index (χ4v) is 7.13. The first-order valence-corrected chi connectivity index (χ1v) is 15.8. The molecule has 0 saturated heterocycles. The molecule has 0 heterocycles. The number of benzene rings is 1. The van der Waals surface area contributed by atoms with Gasteiger partial charge >= 0.3 is 0 Å². The van der Waals surface area contributed by atoms with Crippen LogP contribution in [0.25, 0.3) is 11.1 Å². The van der Waals surface area contributed by atoms with E-state index in [4.69, 9.17) is 14.2 Å². The molecule has 4 atom stereocenters. The zero-order chi connectivity index (χ0) is 31.2. The van der Waals surface area contributed by atoms with Gasteiger partial charge in [-0.2, -0.15) is 0 Å². The van der Waals surface area contributed by atoms with Crippen molar-refractivity contribution < 1.29 is 23.8 Å². The molecule has 2 aromatic rings. The molecule has 0 unspecified atom stereocenters. The Bertz CT molecular complexity index is 1470. The number of nitrogens with one attached hydrogen (secondary N) is 3. The van der Waals surface area contributed by atoms with Crippen molar-refractivity contribution in [3.05, 3.63) is 57.8 Å². The van der Waals surface area contributed by atoms with Crippen LogP contribution in [0.15, 0.2) is 41.2 Å². The normalized spacial score (nSPS) is 21.1. The molecule has 0 spiro atoms. The Morgan fingerprint density at radius 2 is 1.77 bits per heavy atom. The van der Waals surface area contributed by atoms with Crippen molar-refractivity contribution in [2.45, 2.75) is 64.3 Å². The van der Waals surface area contributed by atoms with E-state index in [1.165, 1.54) is 19.8 Å². The third-order valence-electron chi connectivity index (χ3n) is 9.29. The minimum absolute atomic E-state index is 0.127. The summed E-state index contributed by atoms with van der Waals surface area (Å²) in [6.07, 6.45) is 11.4. The molecule has 3 N–H and O–H groups in total. The summed E-state index contributed by atoms with van der Waals surface area (Å²) in [5, 5.41) is 9.47. The summed E-state index contributed by atoms with van der Waals surface area (Å²) in [6.45, 7) is 2.88. The molecule has 236 valence electrons. The summed E-state index contributed by atoms with van der Waals surface area (Å²) in [7, 11) is 4.74. The largest absolute Gasteiger partial charge is 0.493 e. The zero-order valence-electron chi connectivity index (χ0n) is 26.3. The van der Waals surface area contributed by atoms with Crippen molar-refractivity contribution >= 4 is 17.5 Å². The van der Waals surface area contributed by atoms with Gasteiger partial charge in [0.15, 0.2) is 11.5 Å². The first-order chi connectivity index (χ1) is 21.3. The molecule has 2 aromatic carbocycles. The predicted octanol–water partition coefficient (Wildman–Crippen LogP) is 5.16. The monoisotopic (exact) mass is 603 g/mol. The van der Waals surface area contributed by atoms with Crippen LogP contribution in [0, 0.1) is 17.8 Å². The highest BCUT2D eigenvalue weighted by Crippen LogP contribution is 2.50. The van der Waals surface area contributed by atoms with E-state index in [2.05, 4.69) is 28.1 Å². The van der Waals surface area contributed by atoms with Crippen molar-refractivity contribution in [1.29, 1.82) is 0 Å². The summed E-state index contributed by atoms with van der Waals surface area (Å²) in [6, 6.07) is 6.94. The number of hydrogen-bond donors (Lipinski definition) is 3. The van der Waals surface area contributed by atoms with Crippen molar-refractivity contribution in [3.63, 3.8) is 0 Å². The number of hydrogen-bond acceptors (Lipinski definition) is 7. The number of aryl methyl sites for hydroxylation is 1. The third kappa shape index (κ3) is 6.87. The summed E-state index contributed by atoms with van der Waals surface area (Å²) < 4.78 is 17.1. The smallest absolute Gasteiger partial charge is 0.220 e. The minimum Gasteiger partial charge on any atom is -0.493 e. The Morgan fingerprint density at radius 3 is 2.45 bits per heavy atom. The molecule has 5 rings (SSSR count). The molecule has 1 fully saturated rings. The van der Waals surface area contributed by atoms with Crippen LogP contribution in [-0.4, -0.2) is 46.2 Å². The second-order valence-electron chi connectivity index (χ2n) is 12.2. The van der Waals surface area contributed by atoms with Crippen LogP contribution >= 0.6 is 0 Å². The summed E-state index contributed by atoms with van der Waals surface area (Å²) in [5.74, 6) is 3.48. The number of allylic oxidation sites excluding steroid dienone is 2. The Labute approximate surface area is 259 Å². The minimum atomic E-state index is -0.351. The van der Waals surface area contributed by atoms with Crippen molar-refractivity contribution in [2.24, 2.45) is 17.8 Å². The van der Waals surface area contributed by atoms with Crippen LogP contribution < -0.4 is 35.6 Å². The van der Waals surface area contributed by atoms with Crippen LogP contribution in [0.2, 0.25) is 0 Å². The second kappa shape index (κ2) is 14.2. The van der Waals surface area contributed by atoms with E-state index < -0.39 is 0 Å².